The maximum Gasteiger partial charge on any atom is 0.306 e. The van der Waals surface area contributed by atoms with Crippen molar-refractivity contribution >= 4 is 17.5 Å². The van der Waals surface area contributed by atoms with Gasteiger partial charge in [-0.05, 0) is 74.2 Å². The maximum absolute atomic E-state index is 13.2. The molecule has 0 heterocycles. The number of rotatable bonds is 8. The predicted molar refractivity (Wildman–Crippen MR) is 128 cm³/mol. The van der Waals surface area contributed by atoms with Gasteiger partial charge in [-0.3, -0.25) is 14.4 Å². The summed E-state index contributed by atoms with van der Waals surface area (Å²) >= 11 is 0. The molecule has 0 aromatic carbocycles. The van der Waals surface area contributed by atoms with Gasteiger partial charge in [0.2, 0.25) is 5.78 Å². The zero-order valence-electron chi connectivity index (χ0n) is 21.1. The normalized spacial score (nSPS) is 41.2. The van der Waals surface area contributed by atoms with Crippen LogP contribution in [0.15, 0.2) is 11.6 Å². The van der Waals surface area contributed by atoms with Crippen LogP contribution in [0.25, 0.3) is 0 Å². The molecule has 0 aliphatic heterocycles. The first kappa shape index (κ1) is 25.6. The fourth-order valence-corrected chi connectivity index (χ4v) is 8.43. The molecule has 0 amide bonds. The molecule has 0 aromatic rings. The molecule has 4 rings (SSSR count). The second-order valence-electron chi connectivity index (χ2n) is 11.8. The Labute approximate surface area is 203 Å². The largest absolute Gasteiger partial charge is 0.450 e. The molecule has 190 valence electrons. The van der Waals surface area contributed by atoms with Crippen molar-refractivity contribution in [2.45, 2.75) is 110 Å². The van der Waals surface area contributed by atoms with Crippen molar-refractivity contribution in [3.05, 3.63) is 11.6 Å². The lowest BCUT2D eigenvalue weighted by molar-refractivity contribution is -0.202. The molecule has 6 heteroatoms. The molecular formula is C28H42O6. The third-order valence-corrected chi connectivity index (χ3v) is 10.1. The molecule has 0 spiro atoms. The van der Waals surface area contributed by atoms with Gasteiger partial charge < -0.3 is 14.9 Å². The summed E-state index contributed by atoms with van der Waals surface area (Å²) in [5.74, 6) is -0.274. The monoisotopic (exact) mass is 474 g/mol. The molecule has 7 atom stereocenters. The molecule has 0 unspecified atom stereocenters. The number of ketones is 2. The summed E-state index contributed by atoms with van der Waals surface area (Å²) in [4.78, 5) is 38.2. The van der Waals surface area contributed by atoms with Gasteiger partial charge in [0.05, 0.1) is 6.10 Å². The zero-order chi connectivity index (χ0) is 24.7. The van der Waals surface area contributed by atoms with E-state index in [-0.39, 0.29) is 41.3 Å². The minimum Gasteiger partial charge on any atom is -0.450 e. The second-order valence-corrected chi connectivity index (χ2v) is 11.8. The van der Waals surface area contributed by atoms with Crippen LogP contribution in [0.5, 0.6) is 0 Å². The summed E-state index contributed by atoms with van der Waals surface area (Å²) in [6.45, 7) is 5.65. The molecule has 6 nitrogen and oxygen atoms in total. The van der Waals surface area contributed by atoms with Gasteiger partial charge in [-0.2, -0.15) is 0 Å². The molecule has 4 aliphatic rings. The number of carbonyl (C=O) groups excluding carboxylic acids is 3. The first-order valence-corrected chi connectivity index (χ1v) is 13.4. The van der Waals surface area contributed by atoms with Crippen molar-refractivity contribution in [2.75, 3.05) is 6.61 Å². The number of fused-ring (bicyclic) bond motifs is 5. The van der Waals surface area contributed by atoms with Gasteiger partial charge in [-0.1, -0.05) is 45.6 Å². The average molecular weight is 475 g/mol. The van der Waals surface area contributed by atoms with Crippen molar-refractivity contribution < 1.29 is 29.3 Å². The van der Waals surface area contributed by atoms with Crippen LogP contribution in [-0.2, 0) is 19.1 Å². The summed E-state index contributed by atoms with van der Waals surface area (Å²) in [5, 5.41) is 21.5. The van der Waals surface area contributed by atoms with Crippen LogP contribution in [0.2, 0.25) is 0 Å². The first-order chi connectivity index (χ1) is 16.1. The fourth-order valence-electron chi connectivity index (χ4n) is 8.43. The molecule has 3 fully saturated rings. The number of aliphatic hydroxyl groups is 2. The molecule has 0 aromatic heterocycles. The molecule has 34 heavy (non-hydrogen) atoms. The Balaban J connectivity index is 1.63. The summed E-state index contributed by atoms with van der Waals surface area (Å²) in [6.07, 6.45) is 9.74. The van der Waals surface area contributed by atoms with E-state index in [4.69, 9.17) is 4.74 Å². The van der Waals surface area contributed by atoms with E-state index < -0.39 is 29.5 Å². The Bertz CT molecular complexity index is 863. The third kappa shape index (κ3) is 3.89. The summed E-state index contributed by atoms with van der Waals surface area (Å²) in [5.41, 5.74) is -1.13. The zero-order valence-corrected chi connectivity index (χ0v) is 21.1. The van der Waals surface area contributed by atoms with Crippen LogP contribution in [-0.4, -0.2) is 46.1 Å². The molecule has 0 saturated heterocycles. The number of unbranched alkanes of at least 4 members (excludes halogenated alkanes) is 3. The fraction of sp³-hybridized carbons (Fsp3) is 0.821. The highest BCUT2D eigenvalue weighted by Crippen LogP contribution is 2.68. The van der Waals surface area contributed by atoms with Crippen LogP contribution < -0.4 is 0 Å². The minimum atomic E-state index is -1.38. The van der Waals surface area contributed by atoms with Gasteiger partial charge in [0.25, 0.3) is 0 Å². The number of Topliss-reactive ketones (excluding diaryl/α,β-unsaturated/α-hetero) is 1. The lowest BCUT2D eigenvalue weighted by Gasteiger charge is -2.60. The van der Waals surface area contributed by atoms with E-state index in [1.165, 1.54) is 5.57 Å². The molecule has 2 N–H and O–H groups in total. The van der Waals surface area contributed by atoms with Crippen molar-refractivity contribution in [1.29, 1.82) is 0 Å². The van der Waals surface area contributed by atoms with E-state index in [9.17, 15) is 24.6 Å². The smallest absolute Gasteiger partial charge is 0.306 e. The Kier molecular flexibility index (Phi) is 7.14. The summed E-state index contributed by atoms with van der Waals surface area (Å²) in [6, 6.07) is 0. The van der Waals surface area contributed by atoms with Crippen molar-refractivity contribution in [1.82, 2.24) is 0 Å². The topological polar surface area (TPSA) is 101 Å². The van der Waals surface area contributed by atoms with Crippen LogP contribution in [0.4, 0.5) is 0 Å². The van der Waals surface area contributed by atoms with Crippen LogP contribution >= 0.6 is 0 Å². The molecule has 4 aliphatic carbocycles. The number of hydrogen-bond donors (Lipinski definition) is 2. The van der Waals surface area contributed by atoms with Crippen LogP contribution in [0.1, 0.15) is 97.8 Å². The second kappa shape index (κ2) is 9.50. The average Bonchev–Trinajstić information content (AvgIpc) is 3.08. The Hall–Kier alpha value is -1.53. The van der Waals surface area contributed by atoms with Gasteiger partial charge in [-0.15, -0.1) is 0 Å². The SMILES string of the molecule is CCCCCCC(=O)O[C@]1(C(=O)CO)CC[C@@H]2[C@H]3CCC4=CC(=O)CC[C@]4(C)[C@@H]3[C@H](O)C[C@]21C. The predicted octanol–water partition coefficient (Wildman–Crippen LogP) is 4.30. The van der Waals surface area contributed by atoms with Crippen molar-refractivity contribution in [3.63, 3.8) is 0 Å². The molecule has 3 saturated carbocycles. The van der Waals surface area contributed by atoms with Crippen molar-refractivity contribution in [2.24, 2.45) is 28.6 Å². The van der Waals surface area contributed by atoms with E-state index in [2.05, 4.69) is 13.8 Å². The van der Waals surface area contributed by atoms with Gasteiger partial charge in [0, 0.05) is 18.3 Å². The summed E-state index contributed by atoms with van der Waals surface area (Å²) in [7, 11) is 0. The van der Waals surface area contributed by atoms with E-state index in [1.807, 2.05) is 13.0 Å². The lowest BCUT2D eigenvalue weighted by atomic mass is 9.45. The Morgan fingerprint density at radius 1 is 1.12 bits per heavy atom. The van der Waals surface area contributed by atoms with E-state index in [1.54, 1.807) is 0 Å². The third-order valence-electron chi connectivity index (χ3n) is 10.1. The highest BCUT2D eigenvalue weighted by atomic mass is 16.6. The van der Waals surface area contributed by atoms with Crippen molar-refractivity contribution in [3.8, 4) is 0 Å². The van der Waals surface area contributed by atoms with Gasteiger partial charge in [0.15, 0.2) is 11.4 Å². The van der Waals surface area contributed by atoms with Crippen LogP contribution in [0.3, 0.4) is 0 Å². The molecule has 0 radical (unpaired) electrons. The van der Waals surface area contributed by atoms with Crippen LogP contribution in [0, 0.1) is 28.6 Å². The van der Waals surface area contributed by atoms with E-state index in [0.717, 1.165) is 51.4 Å². The van der Waals surface area contributed by atoms with E-state index in [0.29, 0.717) is 19.3 Å². The molecule has 0 bridgehead atoms. The number of allylic oxidation sites excluding steroid dienone is 1. The molecular weight excluding hydrogens is 432 g/mol. The summed E-state index contributed by atoms with van der Waals surface area (Å²) < 4.78 is 6.06. The quantitative estimate of drug-likeness (QED) is 0.402. The number of esters is 1. The highest BCUT2D eigenvalue weighted by Gasteiger charge is 2.70. The first-order valence-electron chi connectivity index (χ1n) is 13.4. The number of ether oxygens (including phenoxy) is 1. The van der Waals surface area contributed by atoms with Gasteiger partial charge in [0.1, 0.15) is 6.61 Å². The maximum atomic E-state index is 13.2. The Morgan fingerprint density at radius 2 is 1.88 bits per heavy atom. The Morgan fingerprint density at radius 3 is 2.59 bits per heavy atom. The van der Waals surface area contributed by atoms with Gasteiger partial charge >= 0.3 is 5.97 Å². The highest BCUT2D eigenvalue weighted by molar-refractivity contribution is 5.92. The van der Waals surface area contributed by atoms with E-state index >= 15 is 0 Å². The van der Waals surface area contributed by atoms with Gasteiger partial charge in [-0.25, -0.2) is 0 Å². The standard InChI is InChI=1S/C28H42O6/c1-4-5-6-7-8-24(33)34-28(23(32)17-29)14-12-21-20-10-9-18-15-19(30)11-13-26(18,2)25(20)22(31)16-27(21,28)3/h15,20-22,25,29,31H,4-14,16-17H2,1-3H3/t20-,21-,22-,25+,26+,27-,28+/m1/s1. The minimum absolute atomic E-state index is 0.0310. The number of aliphatic hydroxyl groups excluding tert-OH is 2. The number of carbonyl (C=O) groups is 3. The lowest BCUT2D eigenvalue weighted by Crippen LogP contribution is -2.63. The number of hydrogen-bond acceptors (Lipinski definition) is 6.